The smallest absolute Gasteiger partial charge is 0.224 e. The molecule has 3 heteroatoms. The van der Waals surface area contributed by atoms with Crippen LogP contribution in [0.2, 0.25) is 0 Å². The van der Waals surface area contributed by atoms with Crippen molar-refractivity contribution in [1.82, 2.24) is 0 Å². The van der Waals surface area contributed by atoms with Crippen LogP contribution in [0.5, 0.6) is 0 Å². The number of hydrogen-bond acceptors (Lipinski definition) is 1. The van der Waals surface area contributed by atoms with Crippen molar-refractivity contribution in [2.24, 2.45) is 0 Å². The van der Waals surface area contributed by atoms with Gasteiger partial charge in [-0.25, -0.2) is 0 Å². The summed E-state index contributed by atoms with van der Waals surface area (Å²) in [7, 11) is 0. The van der Waals surface area contributed by atoms with E-state index in [2.05, 4.69) is 40.2 Å². The molecular weight excluding hydrogens is 301 g/mol. The van der Waals surface area contributed by atoms with Crippen molar-refractivity contribution in [3.63, 3.8) is 0 Å². The zero-order valence-electron chi connectivity index (χ0n) is 8.29. The molecule has 0 unspecified atom stereocenters. The van der Waals surface area contributed by atoms with E-state index in [0.29, 0.717) is 12.8 Å². The molecule has 1 aromatic rings. The van der Waals surface area contributed by atoms with Crippen LogP contribution in [0.1, 0.15) is 12.8 Å². The highest BCUT2D eigenvalue weighted by molar-refractivity contribution is 14.1. The Bertz CT molecular complexity index is 394. The Morgan fingerprint density at radius 3 is 2.93 bits per heavy atom. The highest BCUT2D eigenvalue weighted by Crippen LogP contribution is 2.17. The quantitative estimate of drug-likeness (QED) is 0.670. The lowest BCUT2D eigenvalue weighted by Crippen LogP contribution is -2.11. The molecule has 0 saturated carbocycles. The maximum Gasteiger partial charge on any atom is 0.224 e. The van der Waals surface area contributed by atoms with Gasteiger partial charge in [-0.15, -0.1) is 5.73 Å². The molecule has 0 aliphatic rings. The molecule has 78 valence electrons. The number of carbonyl (C=O) groups is 1. The fourth-order valence-electron chi connectivity index (χ4n) is 1.08. The highest BCUT2D eigenvalue weighted by atomic mass is 127. The van der Waals surface area contributed by atoms with E-state index >= 15 is 0 Å². The monoisotopic (exact) mass is 313 g/mol. The molecule has 1 aromatic carbocycles. The van der Waals surface area contributed by atoms with E-state index in [0.717, 1.165) is 9.26 Å². The molecular formula is C12H12INO. The number of carbonyl (C=O) groups excluding carboxylic acids is 1. The van der Waals surface area contributed by atoms with Crippen LogP contribution >= 0.6 is 22.6 Å². The van der Waals surface area contributed by atoms with Gasteiger partial charge in [0.05, 0.1) is 5.69 Å². The molecule has 0 aromatic heterocycles. The van der Waals surface area contributed by atoms with Crippen LogP contribution in [0.25, 0.3) is 0 Å². The molecule has 1 rings (SSSR count). The SMILES string of the molecule is C=C=CCCC(=O)Nc1ccccc1I. The number of hydrogen-bond donors (Lipinski definition) is 1. The van der Waals surface area contributed by atoms with Gasteiger partial charge in [0.25, 0.3) is 0 Å². The summed E-state index contributed by atoms with van der Waals surface area (Å²) < 4.78 is 1.04. The first-order chi connectivity index (χ1) is 7.24. The average Bonchev–Trinajstić information content (AvgIpc) is 2.22. The van der Waals surface area contributed by atoms with Gasteiger partial charge in [-0.1, -0.05) is 18.7 Å². The Labute approximate surface area is 103 Å². The molecule has 0 fully saturated rings. The third-order valence-corrected chi connectivity index (χ3v) is 2.75. The first-order valence-corrected chi connectivity index (χ1v) is 5.70. The van der Waals surface area contributed by atoms with E-state index in [1.165, 1.54) is 0 Å². The Morgan fingerprint density at radius 1 is 1.53 bits per heavy atom. The van der Waals surface area contributed by atoms with Gasteiger partial charge in [0, 0.05) is 9.99 Å². The third kappa shape index (κ3) is 4.32. The number of amides is 1. The summed E-state index contributed by atoms with van der Waals surface area (Å²) in [5.41, 5.74) is 3.51. The predicted molar refractivity (Wildman–Crippen MR) is 70.7 cm³/mol. The highest BCUT2D eigenvalue weighted by Gasteiger charge is 2.03. The van der Waals surface area contributed by atoms with Gasteiger partial charge in [-0.2, -0.15) is 0 Å². The molecule has 0 saturated heterocycles. The van der Waals surface area contributed by atoms with E-state index in [4.69, 9.17) is 0 Å². The van der Waals surface area contributed by atoms with E-state index in [1.807, 2.05) is 24.3 Å². The Morgan fingerprint density at radius 2 is 2.27 bits per heavy atom. The first-order valence-electron chi connectivity index (χ1n) is 4.62. The molecule has 0 aliphatic heterocycles. The average molecular weight is 313 g/mol. The van der Waals surface area contributed by atoms with Crippen molar-refractivity contribution in [1.29, 1.82) is 0 Å². The molecule has 0 radical (unpaired) electrons. The predicted octanol–water partition coefficient (Wildman–Crippen LogP) is 3.35. The number of allylic oxidation sites excluding steroid dienone is 1. The molecule has 0 heterocycles. The van der Waals surface area contributed by atoms with Gasteiger partial charge in [-0.05, 0) is 47.2 Å². The molecule has 0 bridgehead atoms. The lowest BCUT2D eigenvalue weighted by atomic mass is 10.2. The Balaban J connectivity index is 2.51. The second kappa shape index (κ2) is 6.43. The largest absolute Gasteiger partial charge is 0.325 e. The normalized spacial score (nSPS) is 9.13. The molecule has 0 aliphatic carbocycles. The minimum Gasteiger partial charge on any atom is -0.325 e. The second-order valence-corrected chi connectivity index (χ2v) is 4.14. The van der Waals surface area contributed by atoms with Gasteiger partial charge in [0.15, 0.2) is 0 Å². The summed E-state index contributed by atoms with van der Waals surface area (Å²) in [5.74, 6) is 0.0191. The number of halogens is 1. The van der Waals surface area contributed by atoms with Crippen LogP contribution in [0, 0.1) is 3.57 Å². The maximum absolute atomic E-state index is 11.5. The van der Waals surface area contributed by atoms with Crippen molar-refractivity contribution in [2.75, 3.05) is 5.32 Å². The van der Waals surface area contributed by atoms with Gasteiger partial charge in [-0.3, -0.25) is 4.79 Å². The summed E-state index contributed by atoms with van der Waals surface area (Å²) in [6.45, 7) is 3.44. The van der Waals surface area contributed by atoms with Crippen LogP contribution in [0.15, 0.2) is 42.7 Å². The third-order valence-electron chi connectivity index (χ3n) is 1.81. The van der Waals surface area contributed by atoms with Gasteiger partial charge in [0.2, 0.25) is 5.91 Å². The van der Waals surface area contributed by atoms with Crippen LogP contribution in [0.4, 0.5) is 5.69 Å². The summed E-state index contributed by atoms with van der Waals surface area (Å²) in [6.07, 6.45) is 2.90. The Hall–Kier alpha value is -1.06. The number of anilines is 1. The van der Waals surface area contributed by atoms with Crippen LogP contribution in [0.3, 0.4) is 0 Å². The second-order valence-electron chi connectivity index (χ2n) is 2.97. The van der Waals surface area contributed by atoms with Crippen molar-refractivity contribution in [3.8, 4) is 0 Å². The topological polar surface area (TPSA) is 29.1 Å². The fraction of sp³-hybridized carbons (Fsp3) is 0.167. The molecule has 1 amide bonds. The van der Waals surface area contributed by atoms with Gasteiger partial charge >= 0.3 is 0 Å². The van der Waals surface area contributed by atoms with E-state index in [1.54, 1.807) is 6.08 Å². The van der Waals surface area contributed by atoms with Crippen molar-refractivity contribution < 1.29 is 4.79 Å². The lowest BCUT2D eigenvalue weighted by Gasteiger charge is -2.05. The Kier molecular flexibility index (Phi) is 5.15. The standard InChI is InChI=1S/C12H12INO/c1-2-3-4-9-12(15)14-11-8-6-5-7-10(11)13/h3,5-8H,1,4,9H2,(H,14,15). The zero-order chi connectivity index (χ0) is 11.1. The summed E-state index contributed by atoms with van der Waals surface area (Å²) in [4.78, 5) is 11.5. The minimum absolute atomic E-state index is 0.0191. The zero-order valence-corrected chi connectivity index (χ0v) is 10.5. The first kappa shape index (κ1) is 12.0. The van der Waals surface area contributed by atoms with Crippen LogP contribution in [-0.2, 0) is 4.79 Å². The van der Waals surface area contributed by atoms with Crippen molar-refractivity contribution >= 4 is 34.2 Å². The number of nitrogens with one attached hydrogen (secondary N) is 1. The minimum atomic E-state index is 0.0191. The van der Waals surface area contributed by atoms with Crippen LogP contribution in [-0.4, -0.2) is 5.91 Å². The molecule has 0 spiro atoms. The molecule has 1 N–H and O–H groups in total. The molecule has 0 atom stereocenters. The summed E-state index contributed by atoms with van der Waals surface area (Å²) in [5, 5.41) is 2.85. The number of rotatable bonds is 4. The summed E-state index contributed by atoms with van der Waals surface area (Å²) in [6, 6.07) is 7.70. The van der Waals surface area contributed by atoms with Crippen LogP contribution < -0.4 is 5.32 Å². The van der Waals surface area contributed by atoms with Gasteiger partial charge in [0.1, 0.15) is 0 Å². The van der Waals surface area contributed by atoms with E-state index in [9.17, 15) is 4.79 Å². The summed E-state index contributed by atoms with van der Waals surface area (Å²) >= 11 is 2.19. The maximum atomic E-state index is 11.5. The molecule has 15 heavy (non-hydrogen) atoms. The van der Waals surface area contributed by atoms with E-state index < -0.39 is 0 Å². The van der Waals surface area contributed by atoms with Gasteiger partial charge < -0.3 is 5.32 Å². The number of benzene rings is 1. The van der Waals surface area contributed by atoms with E-state index in [-0.39, 0.29) is 5.91 Å². The number of para-hydroxylation sites is 1. The fourth-order valence-corrected chi connectivity index (χ4v) is 1.60. The van der Waals surface area contributed by atoms with Crippen molar-refractivity contribution in [2.45, 2.75) is 12.8 Å². The molecule has 2 nitrogen and oxygen atoms in total. The lowest BCUT2D eigenvalue weighted by molar-refractivity contribution is -0.116. The van der Waals surface area contributed by atoms with Crippen molar-refractivity contribution in [3.05, 3.63) is 46.2 Å².